The first-order chi connectivity index (χ1) is 10.2. The number of hydrogen-bond donors (Lipinski definition) is 1. The van der Waals surface area contributed by atoms with Gasteiger partial charge >= 0.3 is 0 Å². The molecule has 21 heavy (non-hydrogen) atoms. The summed E-state index contributed by atoms with van der Waals surface area (Å²) in [6, 6.07) is 6.70. The van der Waals surface area contributed by atoms with Crippen LogP contribution in [0.15, 0.2) is 18.2 Å². The first-order valence-electron chi connectivity index (χ1n) is 8.11. The van der Waals surface area contributed by atoms with Gasteiger partial charge in [-0.05, 0) is 50.4 Å². The van der Waals surface area contributed by atoms with Gasteiger partial charge in [0.2, 0.25) is 0 Å². The van der Waals surface area contributed by atoms with Gasteiger partial charge in [0.05, 0.1) is 19.8 Å². The van der Waals surface area contributed by atoms with Crippen molar-refractivity contribution in [3.05, 3.63) is 29.3 Å². The molecule has 1 aliphatic carbocycles. The minimum atomic E-state index is 0.336. The maximum absolute atomic E-state index is 6.19. The molecule has 1 aliphatic rings. The second kappa shape index (κ2) is 7.81. The van der Waals surface area contributed by atoms with Gasteiger partial charge in [-0.15, -0.1) is 0 Å². The summed E-state index contributed by atoms with van der Waals surface area (Å²) in [7, 11) is 3.71. The number of methoxy groups -OCH3 is 1. The van der Waals surface area contributed by atoms with Crippen LogP contribution in [-0.4, -0.2) is 20.3 Å². The maximum Gasteiger partial charge on any atom is 0.124 e. The summed E-state index contributed by atoms with van der Waals surface area (Å²) in [5, 5.41) is 3.28. The molecule has 3 nitrogen and oxygen atoms in total. The van der Waals surface area contributed by atoms with E-state index in [9.17, 15) is 0 Å². The summed E-state index contributed by atoms with van der Waals surface area (Å²) in [6.07, 6.45) is 5.52. The molecule has 1 aromatic rings. The molecule has 0 radical (unpaired) electrons. The highest BCUT2D eigenvalue weighted by molar-refractivity contribution is 5.38. The lowest BCUT2D eigenvalue weighted by atomic mass is 9.88. The van der Waals surface area contributed by atoms with E-state index in [1.165, 1.54) is 31.2 Å². The molecule has 1 fully saturated rings. The van der Waals surface area contributed by atoms with Crippen LogP contribution < -0.4 is 10.1 Å². The van der Waals surface area contributed by atoms with Crippen molar-refractivity contribution in [2.45, 2.75) is 58.3 Å². The smallest absolute Gasteiger partial charge is 0.124 e. The molecule has 0 heterocycles. The van der Waals surface area contributed by atoms with Gasteiger partial charge < -0.3 is 14.8 Å². The van der Waals surface area contributed by atoms with E-state index in [1.54, 1.807) is 7.11 Å². The molecule has 0 bridgehead atoms. The van der Waals surface area contributed by atoms with Crippen molar-refractivity contribution in [1.82, 2.24) is 5.32 Å². The monoisotopic (exact) mass is 291 g/mol. The average molecular weight is 291 g/mol. The van der Waals surface area contributed by atoms with E-state index < -0.39 is 0 Å². The van der Waals surface area contributed by atoms with Crippen LogP contribution in [0.4, 0.5) is 0 Å². The van der Waals surface area contributed by atoms with Crippen molar-refractivity contribution in [3.8, 4) is 5.75 Å². The minimum Gasteiger partial charge on any atom is -0.496 e. The second-order valence-electron chi connectivity index (χ2n) is 6.19. The zero-order chi connectivity index (χ0) is 15.2. The Kier molecular flexibility index (Phi) is 6.07. The third-order valence-electron chi connectivity index (χ3n) is 4.72. The normalized spacial score (nSPS) is 23.8. The summed E-state index contributed by atoms with van der Waals surface area (Å²) >= 11 is 0. The Labute approximate surface area is 129 Å². The molecule has 3 heteroatoms. The quantitative estimate of drug-likeness (QED) is 0.857. The number of nitrogens with one attached hydrogen (secondary N) is 1. The molecule has 0 spiro atoms. The molecule has 1 N–H and O–H groups in total. The molecule has 3 atom stereocenters. The molecule has 0 saturated heterocycles. The van der Waals surface area contributed by atoms with Crippen LogP contribution in [-0.2, 0) is 11.3 Å². The van der Waals surface area contributed by atoms with E-state index in [2.05, 4.69) is 31.3 Å². The number of benzene rings is 1. The Morgan fingerprint density at radius 2 is 2.05 bits per heavy atom. The Morgan fingerprint density at radius 3 is 2.71 bits per heavy atom. The highest BCUT2D eigenvalue weighted by Gasteiger charge is 2.22. The fourth-order valence-electron chi connectivity index (χ4n) is 3.07. The van der Waals surface area contributed by atoms with E-state index in [1.807, 2.05) is 13.1 Å². The zero-order valence-electron chi connectivity index (χ0n) is 13.8. The summed E-state index contributed by atoms with van der Waals surface area (Å²) in [4.78, 5) is 0. The van der Waals surface area contributed by atoms with Crippen molar-refractivity contribution >= 4 is 0 Å². The Bertz CT molecular complexity index is 447. The van der Waals surface area contributed by atoms with Crippen LogP contribution >= 0.6 is 0 Å². The highest BCUT2D eigenvalue weighted by atomic mass is 16.5. The lowest BCUT2D eigenvalue weighted by Gasteiger charge is -2.29. The topological polar surface area (TPSA) is 30.5 Å². The summed E-state index contributed by atoms with van der Waals surface area (Å²) < 4.78 is 11.7. The van der Waals surface area contributed by atoms with E-state index in [0.29, 0.717) is 24.7 Å². The summed E-state index contributed by atoms with van der Waals surface area (Å²) in [6.45, 7) is 5.11. The molecule has 118 valence electrons. The number of rotatable bonds is 6. The average Bonchev–Trinajstić information content (AvgIpc) is 2.53. The van der Waals surface area contributed by atoms with Gasteiger partial charge in [-0.3, -0.25) is 0 Å². The van der Waals surface area contributed by atoms with Crippen molar-refractivity contribution < 1.29 is 9.47 Å². The first kappa shape index (κ1) is 16.3. The van der Waals surface area contributed by atoms with Gasteiger partial charge in [-0.1, -0.05) is 25.8 Å². The van der Waals surface area contributed by atoms with Crippen LogP contribution in [0.25, 0.3) is 0 Å². The van der Waals surface area contributed by atoms with Gasteiger partial charge in [-0.25, -0.2) is 0 Å². The van der Waals surface area contributed by atoms with E-state index in [0.717, 1.165) is 11.3 Å². The van der Waals surface area contributed by atoms with Gasteiger partial charge in [0.1, 0.15) is 5.75 Å². The summed E-state index contributed by atoms with van der Waals surface area (Å²) in [5.74, 6) is 1.59. The van der Waals surface area contributed by atoms with Crippen molar-refractivity contribution in [2.75, 3.05) is 14.2 Å². The Balaban J connectivity index is 2.06. The van der Waals surface area contributed by atoms with E-state index >= 15 is 0 Å². The van der Waals surface area contributed by atoms with Crippen molar-refractivity contribution in [3.63, 3.8) is 0 Å². The van der Waals surface area contributed by atoms with E-state index in [4.69, 9.17) is 9.47 Å². The molecule has 3 unspecified atom stereocenters. The van der Waals surface area contributed by atoms with Crippen LogP contribution in [0.2, 0.25) is 0 Å². The standard InChI is InChI=1S/C18H29NO2/c1-13-7-5-6-8-17(13)21-12-16-11-15(14(2)19-3)9-10-18(16)20-4/h9-11,13-14,17,19H,5-8,12H2,1-4H3. The third-order valence-corrected chi connectivity index (χ3v) is 4.72. The van der Waals surface area contributed by atoms with Crippen LogP contribution in [0, 0.1) is 5.92 Å². The minimum absolute atomic E-state index is 0.336. The zero-order valence-corrected chi connectivity index (χ0v) is 13.8. The largest absolute Gasteiger partial charge is 0.496 e. The second-order valence-corrected chi connectivity index (χ2v) is 6.19. The molecule has 0 amide bonds. The fourth-order valence-corrected chi connectivity index (χ4v) is 3.07. The molecule has 1 saturated carbocycles. The predicted octanol–water partition coefficient (Wildman–Crippen LogP) is 4.07. The van der Waals surface area contributed by atoms with Crippen LogP contribution in [0.5, 0.6) is 5.75 Å². The van der Waals surface area contributed by atoms with Gasteiger partial charge in [0, 0.05) is 11.6 Å². The molecule has 2 rings (SSSR count). The van der Waals surface area contributed by atoms with Gasteiger partial charge in [0.25, 0.3) is 0 Å². The molecule has 0 aliphatic heterocycles. The number of hydrogen-bond acceptors (Lipinski definition) is 3. The van der Waals surface area contributed by atoms with Crippen LogP contribution in [0.3, 0.4) is 0 Å². The van der Waals surface area contributed by atoms with Crippen molar-refractivity contribution in [2.24, 2.45) is 5.92 Å². The SMILES string of the molecule is CNC(C)c1ccc(OC)c(COC2CCCCC2C)c1. The lowest BCUT2D eigenvalue weighted by Crippen LogP contribution is -2.25. The molecular weight excluding hydrogens is 262 g/mol. The molecule has 0 aromatic heterocycles. The van der Waals surface area contributed by atoms with Crippen LogP contribution in [0.1, 0.15) is 56.7 Å². The van der Waals surface area contributed by atoms with E-state index in [-0.39, 0.29) is 0 Å². The lowest BCUT2D eigenvalue weighted by molar-refractivity contribution is -0.0161. The Morgan fingerprint density at radius 1 is 1.29 bits per heavy atom. The number of ether oxygens (including phenoxy) is 2. The maximum atomic E-state index is 6.19. The summed E-state index contributed by atoms with van der Waals surface area (Å²) in [5.41, 5.74) is 2.42. The molecular formula is C18H29NO2. The van der Waals surface area contributed by atoms with Gasteiger partial charge in [-0.2, -0.15) is 0 Å². The molecule has 1 aromatic carbocycles. The van der Waals surface area contributed by atoms with Crippen molar-refractivity contribution in [1.29, 1.82) is 0 Å². The third kappa shape index (κ3) is 4.21. The first-order valence-corrected chi connectivity index (χ1v) is 8.11. The highest BCUT2D eigenvalue weighted by Crippen LogP contribution is 2.29. The predicted molar refractivity (Wildman–Crippen MR) is 86.7 cm³/mol. The van der Waals surface area contributed by atoms with Gasteiger partial charge in [0.15, 0.2) is 0 Å². The Hall–Kier alpha value is -1.06. The fraction of sp³-hybridized carbons (Fsp3) is 0.667.